The van der Waals surface area contributed by atoms with Crippen LogP contribution in [0.1, 0.15) is 11.1 Å². The van der Waals surface area contributed by atoms with Crippen molar-refractivity contribution in [3.63, 3.8) is 0 Å². The Morgan fingerprint density at radius 1 is 1.25 bits per heavy atom. The van der Waals surface area contributed by atoms with Gasteiger partial charge in [0, 0.05) is 0 Å². The third-order valence-corrected chi connectivity index (χ3v) is 3.98. The van der Waals surface area contributed by atoms with E-state index < -0.39 is 0 Å². The molecule has 1 N–H and O–H groups in total. The number of hydrogen-bond donors (Lipinski definition) is 1. The first-order valence-corrected chi connectivity index (χ1v) is 8.18. The van der Waals surface area contributed by atoms with Gasteiger partial charge in [0.2, 0.25) is 5.91 Å². The monoisotopic (exact) mass is 343 g/mol. The molecule has 1 aliphatic rings. The van der Waals surface area contributed by atoms with Crippen molar-refractivity contribution in [2.75, 3.05) is 5.75 Å². The van der Waals surface area contributed by atoms with E-state index >= 15 is 0 Å². The topological polar surface area (TPSA) is 63.0 Å². The zero-order chi connectivity index (χ0) is 16.8. The number of nitrogens with one attached hydrogen (secondary N) is 1. The van der Waals surface area contributed by atoms with Gasteiger partial charge in [-0.15, -0.1) is 5.10 Å². The van der Waals surface area contributed by atoms with E-state index in [1.165, 1.54) is 23.9 Å². The number of halogens is 1. The molecule has 0 unspecified atom stereocenters. The van der Waals surface area contributed by atoms with Gasteiger partial charge >= 0.3 is 0 Å². The molecule has 1 fully saturated rings. The van der Waals surface area contributed by atoms with Crippen LogP contribution >= 0.6 is 11.8 Å². The minimum atomic E-state index is -0.293. The van der Waals surface area contributed by atoms with E-state index in [4.69, 9.17) is 4.74 Å². The summed E-state index contributed by atoms with van der Waals surface area (Å²) in [6.45, 7) is 0.369. The van der Waals surface area contributed by atoms with Crippen LogP contribution in [-0.2, 0) is 11.4 Å². The van der Waals surface area contributed by atoms with Crippen molar-refractivity contribution in [1.29, 1.82) is 0 Å². The van der Waals surface area contributed by atoms with E-state index in [2.05, 4.69) is 15.5 Å². The van der Waals surface area contributed by atoms with E-state index in [0.717, 1.165) is 11.1 Å². The van der Waals surface area contributed by atoms with Gasteiger partial charge in [0.05, 0.1) is 12.0 Å². The summed E-state index contributed by atoms with van der Waals surface area (Å²) < 4.78 is 18.5. The number of benzene rings is 2. The lowest BCUT2D eigenvalue weighted by molar-refractivity contribution is -0.116. The number of rotatable bonds is 5. The predicted molar refractivity (Wildman–Crippen MR) is 92.8 cm³/mol. The fourth-order valence-corrected chi connectivity index (χ4v) is 2.62. The summed E-state index contributed by atoms with van der Waals surface area (Å²) in [6, 6.07) is 13.5. The van der Waals surface area contributed by atoms with Crippen LogP contribution in [0.5, 0.6) is 5.75 Å². The Morgan fingerprint density at radius 2 is 2.08 bits per heavy atom. The van der Waals surface area contributed by atoms with Crippen LogP contribution in [0.3, 0.4) is 0 Å². The Kier molecular flexibility index (Phi) is 5.22. The first kappa shape index (κ1) is 16.2. The molecule has 0 aliphatic carbocycles. The van der Waals surface area contributed by atoms with Crippen LogP contribution in [0.25, 0.3) is 0 Å². The van der Waals surface area contributed by atoms with Gasteiger partial charge in [-0.05, 0) is 41.5 Å². The molecule has 1 saturated heterocycles. The molecule has 7 heteroatoms. The third-order valence-electron chi connectivity index (χ3n) is 3.11. The smallest absolute Gasteiger partial charge is 0.236 e. The van der Waals surface area contributed by atoms with Crippen LogP contribution in [0.2, 0.25) is 0 Å². The number of ether oxygens (including phenoxy) is 1. The molecular weight excluding hydrogens is 329 g/mol. The summed E-state index contributed by atoms with van der Waals surface area (Å²) in [5.74, 6) is 0.633. The SMILES string of the molecule is O=C1CSC(=NN=Cc2cccc(COc3ccc(F)cc3)c2)N1. The van der Waals surface area contributed by atoms with Crippen molar-refractivity contribution in [1.82, 2.24) is 5.32 Å². The van der Waals surface area contributed by atoms with Crippen molar-refractivity contribution in [3.8, 4) is 5.75 Å². The summed E-state index contributed by atoms with van der Waals surface area (Å²) in [6.07, 6.45) is 1.61. The second-order valence-corrected chi connectivity index (χ2v) is 5.94. The van der Waals surface area contributed by atoms with Crippen LogP contribution in [0.15, 0.2) is 58.7 Å². The maximum Gasteiger partial charge on any atom is 0.236 e. The maximum absolute atomic E-state index is 12.8. The molecule has 0 radical (unpaired) electrons. The average molecular weight is 343 g/mol. The fourth-order valence-electron chi connectivity index (χ4n) is 1.99. The standard InChI is InChI=1S/C17H14FN3O2S/c18-14-4-6-15(7-5-14)23-10-13-3-1-2-12(8-13)9-19-21-17-20-16(22)11-24-17/h1-9H,10-11H2,(H,20,21,22). The van der Waals surface area contributed by atoms with Gasteiger partial charge in [-0.3, -0.25) is 4.79 Å². The molecule has 0 spiro atoms. The number of carbonyl (C=O) groups excluding carboxylic acids is 1. The van der Waals surface area contributed by atoms with E-state index in [0.29, 0.717) is 23.3 Å². The molecule has 0 bridgehead atoms. The summed E-state index contributed by atoms with van der Waals surface area (Å²) in [7, 11) is 0. The Hall–Kier alpha value is -2.67. The minimum absolute atomic E-state index is 0.0612. The highest BCUT2D eigenvalue weighted by Gasteiger charge is 2.15. The molecule has 0 atom stereocenters. The zero-order valence-corrected chi connectivity index (χ0v) is 13.4. The van der Waals surface area contributed by atoms with Crippen LogP contribution < -0.4 is 10.1 Å². The first-order chi connectivity index (χ1) is 11.7. The van der Waals surface area contributed by atoms with E-state index in [1.54, 1.807) is 18.3 Å². The molecule has 3 rings (SSSR count). The maximum atomic E-state index is 12.8. The number of nitrogens with zero attached hydrogens (tertiary/aromatic N) is 2. The quantitative estimate of drug-likeness (QED) is 0.671. The Bertz CT molecular complexity index is 791. The van der Waals surface area contributed by atoms with Gasteiger partial charge in [0.25, 0.3) is 0 Å². The molecule has 1 heterocycles. The largest absolute Gasteiger partial charge is 0.489 e. The van der Waals surface area contributed by atoms with Gasteiger partial charge in [-0.25, -0.2) is 4.39 Å². The van der Waals surface area contributed by atoms with Gasteiger partial charge in [-0.1, -0.05) is 30.0 Å². The number of thioether (sulfide) groups is 1. The average Bonchev–Trinajstić information content (AvgIpc) is 3.00. The molecule has 1 amide bonds. The zero-order valence-electron chi connectivity index (χ0n) is 12.6. The summed E-state index contributed by atoms with van der Waals surface area (Å²) in [5, 5.41) is 11.0. The van der Waals surface area contributed by atoms with E-state index in [-0.39, 0.29) is 11.7 Å². The second-order valence-electron chi connectivity index (χ2n) is 4.97. The van der Waals surface area contributed by atoms with Crippen LogP contribution in [0, 0.1) is 5.82 Å². The lowest BCUT2D eigenvalue weighted by Crippen LogP contribution is -2.19. The van der Waals surface area contributed by atoms with Crippen molar-refractivity contribution in [2.45, 2.75) is 6.61 Å². The molecule has 122 valence electrons. The Balaban J connectivity index is 1.59. The summed E-state index contributed by atoms with van der Waals surface area (Å²) in [5.41, 5.74) is 1.83. The lowest BCUT2D eigenvalue weighted by atomic mass is 10.1. The lowest BCUT2D eigenvalue weighted by Gasteiger charge is -2.06. The number of amides is 1. The molecule has 0 aromatic heterocycles. The fraction of sp³-hybridized carbons (Fsp3) is 0.118. The highest BCUT2D eigenvalue weighted by molar-refractivity contribution is 8.15. The number of amidine groups is 1. The van der Waals surface area contributed by atoms with Crippen molar-refractivity contribution >= 4 is 29.1 Å². The summed E-state index contributed by atoms with van der Waals surface area (Å²) in [4.78, 5) is 11.0. The minimum Gasteiger partial charge on any atom is -0.489 e. The Morgan fingerprint density at radius 3 is 2.83 bits per heavy atom. The van der Waals surface area contributed by atoms with Gasteiger partial charge < -0.3 is 10.1 Å². The second kappa shape index (κ2) is 7.74. The first-order valence-electron chi connectivity index (χ1n) is 7.20. The molecule has 2 aromatic rings. The van der Waals surface area contributed by atoms with Gasteiger partial charge in [0.1, 0.15) is 18.2 Å². The van der Waals surface area contributed by atoms with Crippen LogP contribution in [0.4, 0.5) is 4.39 Å². The normalized spacial score (nSPS) is 15.9. The van der Waals surface area contributed by atoms with Crippen LogP contribution in [-0.4, -0.2) is 23.0 Å². The number of hydrogen-bond acceptors (Lipinski definition) is 5. The van der Waals surface area contributed by atoms with E-state index in [1.807, 2.05) is 24.3 Å². The van der Waals surface area contributed by atoms with Crippen molar-refractivity contribution in [2.24, 2.45) is 10.2 Å². The molecule has 2 aromatic carbocycles. The van der Waals surface area contributed by atoms with Crippen molar-refractivity contribution < 1.29 is 13.9 Å². The molecular formula is C17H14FN3O2S. The molecule has 1 aliphatic heterocycles. The Labute approximate surface area is 142 Å². The van der Waals surface area contributed by atoms with E-state index in [9.17, 15) is 9.18 Å². The highest BCUT2D eigenvalue weighted by atomic mass is 32.2. The predicted octanol–water partition coefficient (Wildman–Crippen LogP) is 2.96. The summed E-state index contributed by atoms with van der Waals surface area (Å²) >= 11 is 1.32. The van der Waals surface area contributed by atoms with Gasteiger partial charge in [0.15, 0.2) is 5.17 Å². The molecule has 0 saturated carbocycles. The van der Waals surface area contributed by atoms with Gasteiger partial charge in [-0.2, -0.15) is 5.10 Å². The number of carbonyl (C=O) groups is 1. The molecule has 5 nitrogen and oxygen atoms in total. The molecule has 24 heavy (non-hydrogen) atoms. The highest BCUT2D eigenvalue weighted by Crippen LogP contribution is 2.14. The van der Waals surface area contributed by atoms with Crippen molar-refractivity contribution in [3.05, 3.63) is 65.5 Å². The third kappa shape index (κ3) is 4.66.